The van der Waals surface area contributed by atoms with Crippen molar-refractivity contribution in [3.63, 3.8) is 0 Å². The number of sulfone groups is 1. The Balaban J connectivity index is 2.20. The lowest BCUT2D eigenvalue weighted by Gasteiger charge is -2.14. The van der Waals surface area contributed by atoms with Gasteiger partial charge in [0.25, 0.3) is 0 Å². The van der Waals surface area contributed by atoms with Gasteiger partial charge in [0.1, 0.15) is 11.5 Å². The van der Waals surface area contributed by atoms with Crippen LogP contribution < -0.4 is 0 Å². The largest absolute Gasteiger partial charge is 0.444 e. The number of hydrogen-bond donors (Lipinski definition) is 0. The summed E-state index contributed by atoms with van der Waals surface area (Å²) in [6.45, 7) is 7.62. The Kier molecular flexibility index (Phi) is 4.68. The number of nitrogens with zero attached hydrogens (tertiary/aromatic N) is 1. The summed E-state index contributed by atoms with van der Waals surface area (Å²) in [5.41, 5.74) is 0.503. The molecule has 2 rings (SSSR count). The van der Waals surface area contributed by atoms with E-state index in [4.69, 9.17) is 16.0 Å². The minimum absolute atomic E-state index is 0.198. The third kappa shape index (κ3) is 3.90. The monoisotopic (exact) mass is 341 g/mol. The molecule has 1 atom stereocenters. The fraction of sp³-hybridized carbons (Fsp3) is 0.438. The maximum absolute atomic E-state index is 12.5. The van der Waals surface area contributed by atoms with E-state index < -0.39 is 15.1 Å². The van der Waals surface area contributed by atoms with E-state index in [1.54, 1.807) is 37.4 Å². The standard InChI is InChI=1S/C16H20ClNO3S/c1-11(12-5-7-13(17)8-6-12)22(19,20)10-15-18-9-14(21-15)16(2,3)4/h5-9,11H,10H2,1-4H3/t11-/m1/s1. The third-order valence-electron chi connectivity index (χ3n) is 3.50. The van der Waals surface area contributed by atoms with Gasteiger partial charge < -0.3 is 4.42 Å². The van der Waals surface area contributed by atoms with Crippen LogP contribution in [0.4, 0.5) is 0 Å². The van der Waals surface area contributed by atoms with Crippen LogP contribution in [0.5, 0.6) is 0 Å². The molecule has 6 heteroatoms. The van der Waals surface area contributed by atoms with E-state index in [-0.39, 0.29) is 17.1 Å². The Morgan fingerprint density at radius 3 is 2.32 bits per heavy atom. The zero-order chi connectivity index (χ0) is 16.5. The molecule has 0 saturated heterocycles. The molecule has 0 aliphatic heterocycles. The molecule has 4 nitrogen and oxygen atoms in total. The van der Waals surface area contributed by atoms with Crippen molar-refractivity contribution in [1.29, 1.82) is 0 Å². The minimum atomic E-state index is -3.41. The molecule has 22 heavy (non-hydrogen) atoms. The lowest BCUT2D eigenvalue weighted by atomic mass is 9.94. The molecule has 1 aromatic heterocycles. The fourth-order valence-corrected chi connectivity index (χ4v) is 3.39. The Morgan fingerprint density at radius 1 is 1.23 bits per heavy atom. The van der Waals surface area contributed by atoms with Crippen LogP contribution in [-0.2, 0) is 21.0 Å². The zero-order valence-corrected chi connectivity index (χ0v) is 14.7. The SMILES string of the molecule is C[C@H](c1ccc(Cl)cc1)S(=O)(=O)Cc1ncc(C(C)(C)C)o1. The lowest BCUT2D eigenvalue weighted by Crippen LogP contribution is -2.13. The highest BCUT2D eigenvalue weighted by molar-refractivity contribution is 7.90. The van der Waals surface area contributed by atoms with Crippen molar-refractivity contribution in [2.75, 3.05) is 0 Å². The van der Waals surface area contributed by atoms with Crippen molar-refractivity contribution in [2.24, 2.45) is 0 Å². The van der Waals surface area contributed by atoms with Gasteiger partial charge in [0.05, 0.1) is 11.4 Å². The molecular formula is C16H20ClNO3S. The van der Waals surface area contributed by atoms with Crippen molar-refractivity contribution in [2.45, 2.75) is 44.1 Å². The van der Waals surface area contributed by atoms with Crippen LogP contribution in [-0.4, -0.2) is 13.4 Å². The van der Waals surface area contributed by atoms with Gasteiger partial charge >= 0.3 is 0 Å². The van der Waals surface area contributed by atoms with Crippen LogP contribution in [0.3, 0.4) is 0 Å². The van der Waals surface area contributed by atoms with Gasteiger partial charge in [0, 0.05) is 10.4 Å². The maximum atomic E-state index is 12.5. The molecule has 1 heterocycles. The molecule has 0 spiro atoms. The van der Waals surface area contributed by atoms with E-state index in [0.717, 1.165) is 0 Å². The second-order valence-electron chi connectivity index (χ2n) is 6.37. The summed E-state index contributed by atoms with van der Waals surface area (Å²) >= 11 is 5.83. The predicted octanol–water partition coefficient (Wildman–Crippen LogP) is 4.30. The van der Waals surface area contributed by atoms with Crippen LogP contribution >= 0.6 is 11.6 Å². The molecule has 0 radical (unpaired) electrons. The molecule has 0 unspecified atom stereocenters. The second-order valence-corrected chi connectivity index (χ2v) is 9.13. The smallest absolute Gasteiger partial charge is 0.209 e. The first-order valence-corrected chi connectivity index (χ1v) is 9.11. The molecular weight excluding hydrogens is 322 g/mol. The van der Waals surface area contributed by atoms with Gasteiger partial charge in [-0.25, -0.2) is 13.4 Å². The molecule has 0 bridgehead atoms. The summed E-state index contributed by atoms with van der Waals surface area (Å²) < 4.78 is 30.6. The van der Waals surface area contributed by atoms with E-state index in [0.29, 0.717) is 16.3 Å². The number of hydrogen-bond acceptors (Lipinski definition) is 4. The third-order valence-corrected chi connectivity index (χ3v) is 5.75. The Hall–Kier alpha value is -1.33. The summed E-state index contributed by atoms with van der Waals surface area (Å²) in [7, 11) is -3.41. The summed E-state index contributed by atoms with van der Waals surface area (Å²) in [6.07, 6.45) is 1.60. The van der Waals surface area contributed by atoms with Gasteiger partial charge in [-0.2, -0.15) is 0 Å². The van der Waals surface area contributed by atoms with Gasteiger partial charge in [-0.1, -0.05) is 44.5 Å². The number of aromatic nitrogens is 1. The van der Waals surface area contributed by atoms with Gasteiger partial charge in [0.2, 0.25) is 5.89 Å². The zero-order valence-electron chi connectivity index (χ0n) is 13.1. The molecule has 2 aromatic rings. The van der Waals surface area contributed by atoms with Crippen LogP contribution in [0, 0.1) is 0 Å². The van der Waals surface area contributed by atoms with Gasteiger partial charge in [-0.3, -0.25) is 0 Å². The highest BCUT2D eigenvalue weighted by atomic mass is 35.5. The van der Waals surface area contributed by atoms with E-state index in [2.05, 4.69) is 4.98 Å². The fourth-order valence-electron chi connectivity index (χ4n) is 1.96. The van der Waals surface area contributed by atoms with Crippen LogP contribution in [0.1, 0.15) is 50.2 Å². The van der Waals surface area contributed by atoms with E-state index >= 15 is 0 Å². The molecule has 120 valence electrons. The average Bonchev–Trinajstić information content (AvgIpc) is 2.86. The van der Waals surface area contributed by atoms with E-state index in [1.165, 1.54) is 0 Å². The van der Waals surface area contributed by atoms with Gasteiger partial charge in [0.15, 0.2) is 9.84 Å². The first-order valence-electron chi connectivity index (χ1n) is 7.02. The average molecular weight is 342 g/mol. The Morgan fingerprint density at radius 2 is 1.82 bits per heavy atom. The lowest BCUT2D eigenvalue weighted by molar-refractivity contribution is 0.389. The van der Waals surface area contributed by atoms with Crippen LogP contribution in [0.25, 0.3) is 0 Å². The molecule has 0 N–H and O–H groups in total. The molecule has 0 saturated carbocycles. The minimum Gasteiger partial charge on any atom is -0.444 e. The second kappa shape index (κ2) is 6.05. The number of halogens is 1. The van der Waals surface area contributed by atoms with E-state index in [9.17, 15) is 8.42 Å². The van der Waals surface area contributed by atoms with Gasteiger partial charge in [-0.05, 0) is 24.6 Å². The van der Waals surface area contributed by atoms with Crippen molar-refractivity contribution in [1.82, 2.24) is 4.98 Å². The topological polar surface area (TPSA) is 60.2 Å². The van der Waals surface area contributed by atoms with Crippen molar-refractivity contribution in [3.8, 4) is 0 Å². The van der Waals surface area contributed by atoms with Crippen molar-refractivity contribution < 1.29 is 12.8 Å². The van der Waals surface area contributed by atoms with Crippen LogP contribution in [0.15, 0.2) is 34.9 Å². The maximum Gasteiger partial charge on any atom is 0.209 e. The first-order chi connectivity index (χ1) is 10.1. The molecule has 0 aliphatic rings. The van der Waals surface area contributed by atoms with Gasteiger partial charge in [-0.15, -0.1) is 0 Å². The predicted molar refractivity (Wildman–Crippen MR) is 87.7 cm³/mol. The normalized spacial score (nSPS) is 14.0. The summed E-state index contributed by atoms with van der Waals surface area (Å²) in [4.78, 5) is 4.09. The molecule has 0 aliphatic carbocycles. The highest BCUT2D eigenvalue weighted by Gasteiger charge is 2.27. The first kappa shape index (κ1) is 17.0. The van der Waals surface area contributed by atoms with E-state index in [1.807, 2.05) is 20.8 Å². The summed E-state index contributed by atoms with van der Waals surface area (Å²) in [5, 5.41) is -0.0642. The molecule has 0 fully saturated rings. The Bertz CT molecular complexity index is 742. The number of benzene rings is 1. The Labute approximate surface area is 136 Å². The molecule has 0 amide bonds. The number of oxazole rings is 1. The number of rotatable bonds is 4. The summed E-state index contributed by atoms with van der Waals surface area (Å²) in [5.74, 6) is 0.690. The highest BCUT2D eigenvalue weighted by Crippen LogP contribution is 2.28. The summed E-state index contributed by atoms with van der Waals surface area (Å²) in [6, 6.07) is 6.82. The van der Waals surface area contributed by atoms with Crippen LogP contribution in [0.2, 0.25) is 5.02 Å². The van der Waals surface area contributed by atoms with Crippen molar-refractivity contribution >= 4 is 21.4 Å². The quantitative estimate of drug-likeness (QED) is 0.831. The molecule has 1 aromatic carbocycles. The van der Waals surface area contributed by atoms with Crippen molar-refractivity contribution in [3.05, 3.63) is 52.7 Å².